The normalized spacial score (nSPS) is 27.1. The summed E-state index contributed by atoms with van der Waals surface area (Å²) >= 11 is 0. The first-order valence-electron chi connectivity index (χ1n) is 7.52. The quantitative estimate of drug-likeness (QED) is 0.912. The van der Waals surface area contributed by atoms with E-state index in [9.17, 15) is 0 Å². The molecule has 3 rings (SSSR count). The van der Waals surface area contributed by atoms with Gasteiger partial charge in [0.15, 0.2) is 5.82 Å². The molecule has 2 aromatic rings. The third-order valence-electron chi connectivity index (χ3n) is 4.71. The molecule has 1 aliphatic rings. The Balaban J connectivity index is 2.02. The van der Waals surface area contributed by atoms with Crippen LogP contribution in [0.2, 0.25) is 0 Å². The second kappa shape index (κ2) is 4.81. The van der Waals surface area contributed by atoms with Gasteiger partial charge in [-0.05, 0) is 51.5 Å². The number of hydrogen-bond acceptors (Lipinski definition) is 4. The average Bonchev–Trinajstić information content (AvgIpc) is 2.84. The van der Waals surface area contributed by atoms with Crippen LogP contribution in [0.5, 0.6) is 0 Å². The second-order valence-corrected chi connectivity index (χ2v) is 6.21. The molecule has 5 nitrogen and oxygen atoms in total. The molecule has 0 aliphatic heterocycles. The van der Waals surface area contributed by atoms with Gasteiger partial charge in [-0.15, -0.1) is 10.2 Å². The number of hydrogen-bond donors (Lipinski definition) is 1. The summed E-state index contributed by atoms with van der Waals surface area (Å²) in [5.74, 6) is 2.36. The van der Waals surface area contributed by atoms with Crippen molar-refractivity contribution in [3.8, 4) is 0 Å². The fourth-order valence-corrected chi connectivity index (χ4v) is 3.38. The molecule has 0 saturated heterocycles. The van der Waals surface area contributed by atoms with Crippen molar-refractivity contribution in [3.63, 3.8) is 0 Å². The van der Waals surface area contributed by atoms with E-state index in [-0.39, 0.29) is 5.54 Å². The third kappa shape index (κ3) is 2.10. The molecule has 108 valence electrons. The van der Waals surface area contributed by atoms with Crippen LogP contribution in [0.25, 0.3) is 5.78 Å². The predicted molar refractivity (Wildman–Crippen MR) is 78.4 cm³/mol. The van der Waals surface area contributed by atoms with Gasteiger partial charge in [0.2, 0.25) is 0 Å². The van der Waals surface area contributed by atoms with Crippen LogP contribution in [0, 0.1) is 19.8 Å². The Kier molecular flexibility index (Phi) is 3.24. The van der Waals surface area contributed by atoms with Crippen LogP contribution in [-0.4, -0.2) is 19.6 Å². The van der Waals surface area contributed by atoms with Crippen LogP contribution in [0.4, 0.5) is 0 Å². The molecule has 1 aliphatic carbocycles. The van der Waals surface area contributed by atoms with E-state index in [4.69, 9.17) is 5.73 Å². The largest absolute Gasteiger partial charge is 0.319 e. The van der Waals surface area contributed by atoms with Crippen molar-refractivity contribution >= 4 is 5.78 Å². The summed E-state index contributed by atoms with van der Waals surface area (Å²) < 4.78 is 2.03. The number of nitrogens with two attached hydrogens (primary N) is 1. The standard InChI is InChI=1S/C15H23N5/c1-4-12-5-7-15(16,8-6-12)13-18-19-14-17-10(2)9-11(3)20(13)14/h9,12H,4-8,16H2,1-3H3. The highest BCUT2D eigenvalue weighted by atomic mass is 15.3. The highest BCUT2D eigenvalue weighted by Crippen LogP contribution is 2.38. The van der Waals surface area contributed by atoms with Gasteiger partial charge in [0, 0.05) is 11.4 Å². The molecule has 20 heavy (non-hydrogen) atoms. The van der Waals surface area contributed by atoms with E-state index in [1.165, 1.54) is 19.3 Å². The molecule has 2 heterocycles. The SMILES string of the molecule is CCC1CCC(N)(c2nnc3nc(C)cc(C)n23)CC1. The zero-order chi connectivity index (χ0) is 14.3. The van der Waals surface area contributed by atoms with E-state index in [1.54, 1.807) is 0 Å². The molecule has 0 atom stereocenters. The lowest BCUT2D eigenvalue weighted by molar-refractivity contribution is 0.220. The van der Waals surface area contributed by atoms with E-state index in [0.717, 1.165) is 36.0 Å². The zero-order valence-corrected chi connectivity index (χ0v) is 12.6. The molecule has 0 bridgehead atoms. The van der Waals surface area contributed by atoms with Crippen LogP contribution in [-0.2, 0) is 5.54 Å². The Hall–Kier alpha value is -1.49. The Labute approximate surface area is 119 Å². The monoisotopic (exact) mass is 273 g/mol. The van der Waals surface area contributed by atoms with Crippen molar-refractivity contribution in [2.45, 2.75) is 58.4 Å². The van der Waals surface area contributed by atoms with Gasteiger partial charge in [0.1, 0.15) is 0 Å². The van der Waals surface area contributed by atoms with Crippen LogP contribution >= 0.6 is 0 Å². The number of nitrogens with zero attached hydrogens (tertiary/aromatic N) is 4. The van der Waals surface area contributed by atoms with E-state index in [2.05, 4.69) is 35.1 Å². The fourth-order valence-electron chi connectivity index (χ4n) is 3.38. The Morgan fingerprint density at radius 1 is 1.30 bits per heavy atom. The summed E-state index contributed by atoms with van der Waals surface area (Å²) in [6.07, 6.45) is 5.58. The maximum atomic E-state index is 6.66. The summed E-state index contributed by atoms with van der Waals surface area (Å²) in [6.45, 7) is 6.30. The third-order valence-corrected chi connectivity index (χ3v) is 4.71. The van der Waals surface area contributed by atoms with Gasteiger partial charge in [-0.25, -0.2) is 4.98 Å². The van der Waals surface area contributed by atoms with Gasteiger partial charge >= 0.3 is 0 Å². The van der Waals surface area contributed by atoms with Gasteiger partial charge < -0.3 is 5.73 Å². The lowest BCUT2D eigenvalue weighted by atomic mass is 9.76. The molecule has 2 N–H and O–H groups in total. The van der Waals surface area contributed by atoms with Gasteiger partial charge in [-0.3, -0.25) is 4.40 Å². The molecule has 1 saturated carbocycles. The van der Waals surface area contributed by atoms with Crippen molar-refractivity contribution in [1.82, 2.24) is 19.6 Å². The summed E-state index contributed by atoms with van der Waals surface area (Å²) in [5, 5.41) is 8.59. The van der Waals surface area contributed by atoms with Crippen molar-refractivity contribution < 1.29 is 0 Å². The molecule has 2 aromatic heterocycles. The molecular weight excluding hydrogens is 250 g/mol. The Morgan fingerprint density at radius 2 is 2.00 bits per heavy atom. The minimum atomic E-state index is -0.354. The number of rotatable bonds is 2. The lowest BCUT2D eigenvalue weighted by Gasteiger charge is -2.35. The van der Waals surface area contributed by atoms with Gasteiger partial charge in [0.25, 0.3) is 5.78 Å². The second-order valence-electron chi connectivity index (χ2n) is 6.21. The Morgan fingerprint density at radius 3 is 2.65 bits per heavy atom. The average molecular weight is 273 g/mol. The maximum Gasteiger partial charge on any atom is 0.255 e. The van der Waals surface area contributed by atoms with Crippen molar-refractivity contribution in [3.05, 3.63) is 23.3 Å². The molecular formula is C15H23N5. The predicted octanol–water partition coefficient (Wildman–Crippen LogP) is 2.50. The van der Waals surface area contributed by atoms with E-state index in [1.807, 2.05) is 11.3 Å². The van der Waals surface area contributed by atoms with E-state index < -0.39 is 0 Å². The molecule has 1 fully saturated rings. The Bertz CT molecular complexity index is 622. The van der Waals surface area contributed by atoms with Crippen LogP contribution in [0.1, 0.15) is 56.2 Å². The zero-order valence-electron chi connectivity index (χ0n) is 12.6. The van der Waals surface area contributed by atoms with Crippen LogP contribution < -0.4 is 5.73 Å². The highest BCUT2D eigenvalue weighted by Gasteiger charge is 2.37. The van der Waals surface area contributed by atoms with Crippen molar-refractivity contribution in [1.29, 1.82) is 0 Å². The van der Waals surface area contributed by atoms with Crippen LogP contribution in [0.15, 0.2) is 6.07 Å². The van der Waals surface area contributed by atoms with Crippen molar-refractivity contribution in [2.75, 3.05) is 0 Å². The number of aryl methyl sites for hydroxylation is 2. The van der Waals surface area contributed by atoms with E-state index in [0.29, 0.717) is 5.78 Å². The minimum Gasteiger partial charge on any atom is -0.319 e. The van der Waals surface area contributed by atoms with Gasteiger partial charge in [-0.1, -0.05) is 13.3 Å². The highest BCUT2D eigenvalue weighted by molar-refractivity contribution is 5.34. The minimum absolute atomic E-state index is 0.354. The summed E-state index contributed by atoms with van der Waals surface area (Å²) in [5.41, 5.74) is 8.38. The van der Waals surface area contributed by atoms with E-state index >= 15 is 0 Å². The number of aromatic nitrogens is 4. The first-order chi connectivity index (χ1) is 9.53. The molecule has 0 amide bonds. The number of fused-ring (bicyclic) bond motifs is 1. The fraction of sp³-hybridized carbons (Fsp3) is 0.667. The summed E-state index contributed by atoms with van der Waals surface area (Å²) in [4.78, 5) is 4.45. The first kappa shape index (κ1) is 13.5. The molecule has 0 radical (unpaired) electrons. The first-order valence-corrected chi connectivity index (χ1v) is 7.52. The smallest absolute Gasteiger partial charge is 0.255 e. The molecule has 0 unspecified atom stereocenters. The summed E-state index contributed by atoms with van der Waals surface area (Å²) in [6, 6.07) is 2.06. The van der Waals surface area contributed by atoms with Crippen LogP contribution in [0.3, 0.4) is 0 Å². The van der Waals surface area contributed by atoms with Crippen molar-refractivity contribution in [2.24, 2.45) is 11.7 Å². The topological polar surface area (TPSA) is 69.1 Å². The van der Waals surface area contributed by atoms with Gasteiger partial charge in [-0.2, -0.15) is 0 Å². The molecule has 0 spiro atoms. The maximum absolute atomic E-state index is 6.66. The summed E-state index contributed by atoms with van der Waals surface area (Å²) in [7, 11) is 0. The molecule has 5 heteroatoms. The van der Waals surface area contributed by atoms with Gasteiger partial charge in [0.05, 0.1) is 5.54 Å². The molecule has 0 aromatic carbocycles. The lowest BCUT2D eigenvalue weighted by Crippen LogP contribution is -2.42.